The van der Waals surface area contributed by atoms with Crippen LogP contribution in [0.15, 0.2) is 60.0 Å². The first-order valence-electron chi connectivity index (χ1n) is 6.80. The second-order valence-electron chi connectivity index (χ2n) is 4.75. The van der Waals surface area contributed by atoms with Gasteiger partial charge in [0.25, 0.3) is 15.9 Å². The predicted octanol–water partition coefficient (Wildman–Crippen LogP) is 3.71. The van der Waals surface area contributed by atoms with Crippen molar-refractivity contribution >= 4 is 44.8 Å². The van der Waals surface area contributed by atoms with Gasteiger partial charge in [-0.15, -0.1) is 6.58 Å². The first kappa shape index (κ1) is 18.3. The van der Waals surface area contributed by atoms with E-state index in [1.54, 1.807) is 12.1 Å². The third-order valence-electron chi connectivity index (χ3n) is 3.01. The van der Waals surface area contributed by atoms with Crippen LogP contribution in [0.1, 0.15) is 10.4 Å². The summed E-state index contributed by atoms with van der Waals surface area (Å²) in [5.74, 6) is -0.315. The molecule has 2 rings (SSSR count). The minimum absolute atomic E-state index is 0.00110. The minimum Gasteiger partial charge on any atom is -0.349 e. The summed E-state index contributed by atoms with van der Waals surface area (Å²) in [5.41, 5.74) is 0.522. The Morgan fingerprint density at radius 3 is 2.42 bits per heavy atom. The SMILES string of the molecule is C=CCNC(=O)c1ccc(S(=O)(=O)Nc2cc(Cl)ccc2Cl)cc1. The summed E-state index contributed by atoms with van der Waals surface area (Å²) >= 11 is 11.8. The molecule has 2 aromatic rings. The lowest BCUT2D eigenvalue weighted by Crippen LogP contribution is -2.23. The number of anilines is 1. The van der Waals surface area contributed by atoms with Crippen molar-refractivity contribution in [3.8, 4) is 0 Å². The number of hydrogen-bond acceptors (Lipinski definition) is 3. The van der Waals surface area contributed by atoms with Crippen molar-refractivity contribution in [1.29, 1.82) is 0 Å². The number of carbonyl (C=O) groups excluding carboxylic acids is 1. The molecule has 0 aliphatic heterocycles. The highest BCUT2D eigenvalue weighted by atomic mass is 35.5. The van der Waals surface area contributed by atoms with Crippen molar-refractivity contribution in [2.45, 2.75) is 4.90 Å². The van der Waals surface area contributed by atoms with Crippen LogP contribution in [0.5, 0.6) is 0 Å². The highest BCUT2D eigenvalue weighted by Gasteiger charge is 2.17. The van der Waals surface area contributed by atoms with Crippen LogP contribution in [0, 0.1) is 0 Å². The summed E-state index contributed by atoms with van der Waals surface area (Å²) in [6.45, 7) is 3.83. The van der Waals surface area contributed by atoms with Gasteiger partial charge >= 0.3 is 0 Å². The predicted molar refractivity (Wildman–Crippen MR) is 96.2 cm³/mol. The van der Waals surface area contributed by atoms with E-state index in [0.29, 0.717) is 17.1 Å². The number of sulfonamides is 1. The Balaban J connectivity index is 2.22. The first-order valence-corrected chi connectivity index (χ1v) is 9.04. The molecular formula is C16H14Cl2N2O3S. The van der Waals surface area contributed by atoms with Crippen molar-refractivity contribution in [1.82, 2.24) is 5.32 Å². The highest BCUT2D eigenvalue weighted by molar-refractivity contribution is 7.92. The Morgan fingerprint density at radius 1 is 1.12 bits per heavy atom. The molecule has 5 nitrogen and oxygen atoms in total. The maximum absolute atomic E-state index is 12.4. The van der Waals surface area contributed by atoms with E-state index in [0.717, 1.165) is 0 Å². The Hall–Kier alpha value is -2.02. The number of hydrogen-bond donors (Lipinski definition) is 2. The fraction of sp³-hybridized carbons (Fsp3) is 0.0625. The second-order valence-corrected chi connectivity index (χ2v) is 7.28. The quantitative estimate of drug-likeness (QED) is 0.745. The fourth-order valence-electron chi connectivity index (χ4n) is 1.83. The average Bonchev–Trinajstić information content (AvgIpc) is 2.56. The second kappa shape index (κ2) is 7.70. The van der Waals surface area contributed by atoms with Crippen molar-refractivity contribution in [2.75, 3.05) is 11.3 Å². The molecule has 2 N–H and O–H groups in total. The van der Waals surface area contributed by atoms with Crippen molar-refractivity contribution < 1.29 is 13.2 Å². The Bertz CT molecular complexity index is 865. The van der Waals surface area contributed by atoms with Gasteiger partial charge < -0.3 is 5.32 Å². The van der Waals surface area contributed by atoms with Crippen LogP contribution < -0.4 is 10.0 Å². The van der Waals surface area contributed by atoms with E-state index in [1.807, 2.05) is 0 Å². The van der Waals surface area contributed by atoms with E-state index in [4.69, 9.17) is 23.2 Å². The fourth-order valence-corrected chi connectivity index (χ4v) is 3.30. The molecule has 0 saturated carbocycles. The molecule has 0 aliphatic carbocycles. The smallest absolute Gasteiger partial charge is 0.261 e. The molecule has 0 radical (unpaired) electrons. The lowest BCUT2D eigenvalue weighted by molar-refractivity contribution is 0.0958. The summed E-state index contributed by atoms with van der Waals surface area (Å²) < 4.78 is 27.2. The standard InChI is InChI=1S/C16H14Cl2N2O3S/c1-2-9-19-16(21)11-3-6-13(7-4-11)24(22,23)20-15-10-12(17)5-8-14(15)18/h2-8,10,20H,1,9H2,(H,19,21). The topological polar surface area (TPSA) is 75.3 Å². The van der Waals surface area contributed by atoms with E-state index in [1.165, 1.54) is 36.4 Å². The molecule has 2 aromatic carbocycles. The molecule has 24 heavy (non-hydrogen) atoms. The van der Waals surface area contributed by atoms with Gasteiger partial charge in [0, 0.05) is 17.1 Å². The normalized spacial score (nSPS) is 10.9. The Labute approximate surface area is 150 Å². The lowest BCUT2D eigenvalue weighted by Gasteiger charge is -2.10. The number of rotatable bonds is 6. The molecule has 0 spiro atoms. The summed E-state index contributed by atoms with van der Waals surface area (Å²) in [6, 6.07) is 9.98. The third-order valence-corrected chi connectivity index (χ3v) is 4.95. The molecule has 0 bridgehead atoms. The van der Waals surface area contributed by atoms with Crippen molar-refractivity contribution in [3.05, 3.63) is 70.7 Å². The van der Waals surface area contributed by atoms with Crippen LogP contribution in [-0.2, 0) is 10.0 Å². The Morgan fingerprint density at radius 2 is 1.79 bits per heavy atom. The number of amides is 1. The maximum atomic E-state index is 12.4. The highest BCUT2D eigenvalue weighted by Crippen LogP contribution is 2.27. The van der Waals surface area contributed by atoms with Crippen LogP contribution >= 0.6 is 23.2 Å². The molecule has 1 amide bonds. The van der Waals surface area contributed by atoms with Crippen LogP contribution in [0.2, 0.25) is 10.0 Å². The van der Waals surface area contributed by atoms with E-state index >= 15 is 0 Å². The van der Waals surface area contributed by atoms with Crippen LogP contribution in [0.3, 0.4) is 0 Å². The van der Waals surface area contributed by atoms with Crippen LogP contribution in [-0.4, -0.2) is 20.9 Å². The monoisotopic (exact) mass is 384 g/mol. The maximum Gasteiger partial charge on any atom is 0.261 e. The molecular weight excluding hydrogens is 371 g/mol. The molecule has 0 saturated heterocycles. The van der Waals surface area contributed by atoms with Crippen LogP contribution in [0.4, 0.5) is 5.69 Å². The summed E-state index contributed by atoms with van der Waals surface area (Å²) in [7, 11) is -3.85. The summed E-state index contributed by atoms with van der Waals surface area (Å²) in [4.78, 5) is 11.8. The van der Waals surface area contributed by atoms with Gasteiger partial charge in [-0.05, 0) is 42.5 Å². The zero-order valence-electron chi connectivity index (χ0n) is 12.4. The van der Waals surface area contributed by atoms with E-state index in [2.05, 4.69) is 16.6 Å². The zero-order valence-corrected chi connectivity index (χ0v) is 14.8. The molecule has 8 heteroatoms. The van der Waals surface area contributed by atoms with E-state index in [9.17, 15) is 13.2 Å². The zero-order chi connectivity index (χ0) is 17.7. The Kier molecular flexibility index (Phi) is 5.88. The largest absolute Gasteiger partial charge is 0.349 e. The molecule has 0 aliphatic rings. The molecule has 0 aromatic heterocycles. The molecule has 0 atom stereocenters. The van der Waals surface area contributed by atoms with Crippen molar-refractivity contribution in [3.63, 3.8) is 0 Å². The van der Waals surface area contributed by atoms with Gasteiger partial charge in [-0.25, -0.2) is 8.42 Å². The molecule has 126 valence electrons. The van der Waals surface area contributed by atoms with E-state index in [-0.39, 0.29) is 21.5 Å². The summed E-state index contributed by atoms with van der Waals surface area (Å²) in [6.07, 6.45) is 1.55. The number of carbonyl (C=O) groups is 1. The third kappa shape index (κ3) is 4.50. The molecule has 0 fully saturated rings. The average molecular weight is 385 g/mol. The lowest BCUT2D eigenvalue weighted by atomic mass is 10.2. The number of benzene rings is 2. The van der Waals surface area contributed by atoms with Gasteiger partial charge in [-0.1, -0.05) is 29.3 Å². The van der Waals surface area contributed by atoms with Crippen LogP contribution in [0.25, 0.3) is 0 Å². The molecule has 0 unspecified atom stereocenters. The van der Waals surface area contributed by atoms with Gasteiger partial charge in [-0.2, -0.15) is 0 Å². The van der Waals surface area contributed by atoms with Gasteiger partial charge in [0.2, 0.25) is 0 Å². The molecule has 0 heterocycles. The van der Waals surface area contributed by atoms with Gasteiger partial charge in [0.15, 0.2) is 0 Å². The first-order chi connectivity index (χ1) is 11.3. The summed E-state index contributed by atoms with van der Waals surface area (Å²) in [5, 5.41) is 3.18. The number of halogens is 2. The minimum atomic E-state index is -3.85. The van der Waals surface area contributed by atoms with E-state index < -0.39 is 10.0 Å². The van der Waals surface area contributed by atoms with Crippen molar-refractivity contribution in [2.24, 2.45) is 0 Å². The van der Waals surface area contributed by atoms with Gasteiger partial charge in [0.05, 0.1) is 15.6 Å². The number of nitrogens with one attached hydrogen (secondary N) is 2. The van der Waals surface area contributed by atoms with Gasteiger partial charge in [-0.3, -0.25) is 9.52 Å². The van der Waals surface area contributed by atoms with Gasteiger partial charge in [0.1, 0.15) is 0 Å².